The Balaban J connectivity index is 1.80. The lowest BCUT2D eigenvalue weighted by Crippen LogP contribution is -1.86. The monoisotopic (exact) mass is 292 g/mol. The average molecular weight is 292 g/mol. The fraction of sp³-hybridized carbons (Fsp3) is 0.0625. The molecule has 0 aliphatic rings. The number of pyridine rings is 1. The summed E-state index contributed by atoms with van der Waals surface area (Å²) in [5.41, 5.74) is 3.43. The van der Waals surface area contributed by atoms with Gasteiger partial charge in [-0.2, -0.15) is 0 Å². The molecule has 0 unspecified atom stereocenters. The van der Waals surface area contributed by atoms with E-state index in [0.717, 1.165) is 16.6 Å². The largest absolute Gasteiger partial charge is 0.495 e. The molecule has 22 heavy (non-hydrogen) atoms. The molecule has 4 aromatic rings. The van der Waals surface area contributed by atoms with Gasteiger partial charge in [-0.15, -0.1) is 0 Å². The Bertz CT molecular complexity index is 928. The molecule has 6 heteroatoms. The van der Waals surface area contributed by atoms with Gasteiger partial charge in [-0.05, 0) is 23.8 Å². The third kappa shape index (κ3) is 2.10. The second kappa shape index (κ2) is 5.00. The van der Waals surface area contributed by atoms with Gasteiger partial charge >= 0.3 is 0 Å². The molecule has 0 atom stereocenters. The third-order valence-corrected chi connectivity index (χ3v) is 3.37. The molecule has 6 nitrogen and oxygen atoms in total. The van der Waals surface area contributed by atoms with Gasteiger partial charge in [-0.25, -0.2) is 9.97 Å². The molecule has 0 radical (unpaired) electrons. The van der Waals surface area contributed by atoms with Gasteiger partial charge in [0.25, 0.3) is 5.89 Å². The number of H-pyrrole nitrogens is 1. The Hall–Kier alpha value is -3.15. The molecular weight excluding hydrogens is 280 g/mol. The highest BCUT2D eigenvalue weighted by Crippen LogP contribution is 2.28. The van der Waals surface area contributed by atoms with Gasteiger partial charge in [-0.1, -0.05) is 6.07 Å². The number of aromatic amines is 1. The highest BCUT2D eigenvalue weighted by atomic mass is 16.5. The number of benzene rings is 1. The molecular formula is C16H12N4O2. The van der Waals surface area contributed by atoms with E-state index < -0.39 is 0 Å². The van der Waals surface area contributed by atoms with Crippen LogP contribution in [-0.4, -0.2) is 27.0 Å². The van der Waals surface area contributed by atoms with Crippen LogP contribution < -0.4 is 4.74 Å². The number of methoxy groups -OCH3 is 1. The van der Waals surface area contributed by atoms with Gasteiger partial charge in [0.1, 0.15) is 11.3 Å². The first kappa shape index (κ1) is 12.6. The van der Waals surface area contributed by atoms with Crippen molar-refractivity contribution in [2.45, 2.75) is 0 Å². The molecule has 0 bridgehead atoms. The normalized spacial score (nSPS) is 11.0. The zero-order valence-electron chi connectivity index (χ0n) is 11.8. The van der Waals surface area contributed by atoms with Crippen LogP contribution in [-0.2, 0) is 0 Å². The van der Waals surface area contributed by atoms with Crippen molar-refractivity contribution < 1.29 is 9.15 Å². The second-order valence-corrected chi connectivity index (χ2v) is 4.75. The van der Waals surface area contributed by atoms with E-state index >= 15 is 0 Å². The summed E-state index contributed by atoms with van der Waals surface area (Å²) >= 11 is 0. The van der Waals surface area contributed by atoms with Crippen LogP contribution in [0.3, 0.4) is 0 Å². The maximum absolute atomic E-state index is 5.77. The fourth-order valence-corrected chi connectivity index (χ4v) is 2.28. The molecule has 0 saturated carbocycles. The molecule has 0 saturated heterocycles. The predicted octanol–water partition coefficient (Wildman–Crippen LogP) is 3.29. The first-order chi connectivity index (χ1) is 10.8. The van der Waals surface area contributed by atoms with Crippen LogP contribution in [0.15, 0.2) is 53.5 Å². The number of hydrogen-bond acceptors (Lipinski definition) is 5. The summed E-state index contributed by atoms with van der Waals surface area (Å²) < 4.78 is 11.0. The first-order valence-corrected chi connectivity index (χ1v) is 6.73. The summed E-state index contributed by atoms with van der Waals surface area (Å²) in [5.74, 6) is 1.80. The number of aromatic nitrogens is 4. The molecule has 0 aliphatic heterocycles. The number of rotatable bonds is 3. The summed E-state index contributed by atoms with van der Waals surface area (Å²) in [5, 5.41) is 0. The molecule has 108 valence electrons. The van der Waals surface area contributed by atoms with Crippen molar-refractivity contribution in [1.29, 1.82) is 0 Å². The molecule has 0 amide bonds. The minimum Gasteiger partial charge on any atom is -0.495 e. The molecule has 0 spiro atoms. The van der Waals surface area contributed by atoms with Crippen molar-refractivity contribution in [2.75, 3.05) is 7.11 Å². The van der Waals surface area contributed by atoms with Gasteiger partial charge in [-0.3, -0.25) is 4.98 Å². The SMILES string of the molecule is COc1cncc(-c2ccc3nc(-c4ncc[nH]4)oc3c2)c1. The van der Waals surface area contributed by atoms with Crippen LogP contribution in [0.5, 0.6) is 5.75 Å². The molecule has 0 fully saturated rings. The topological polar surface area (TPSA) is 76.8 Å². The van der Waals surface area contributed by atoms with E-state index in [2.05, 4.69) is 19.9 Å². The smallest absolute Gasteiger partial charge is 0.264 e. The van der Waals surface area contributed by atoms with Gasteiger partial charge in [0, 0.05) is 24.2 Å². The summed E-state index contributed by atoms with van der Waals surface area (Å²) in [6.07, 6.45) is 6.86. The number of imidazole rings is 1. The Kier molecular flexibility index (Phi) is 2.86. The van der Waals surface area contributed by atoms with Crippen molar-refractivity contribution in [3.63, 3.8) is 0 Å². The predicted molar refractivity (Wildman–Crippen MR) is 81.4 cm³/mol. The lowest BCUT2D eigenvalue weighted by Gasteiger charge is -2.03. The highest BCUT2D eigenvalue weighted by molar-refractivity contribution is 5.81. The Labute approximate surface area is 125 Å². The van der Waals surface area contributed by atoms with Crippen molar-refractivity contribution in [3.8, 4) is 28.6 Å². The van der Waals surface area contributed by atoms with Gasteiger partial charge < -0.3 is 14.1 Å². The highest BCUT2D eigenvalue weighted by Gasteiger charge is 2.11. The van der Waals surface area contributed by atoms with Crippen LogP contribution in [0.2, 0.25) is 0 Å². The Morgan fingerprint density at radius 2 is 2.09 bits per heavy atom. The van der Waals surface area contributed by atoms with E-state index in [1.807, 2.05) is 24.3 Å². The Morgan fingerprint density at radius 1 is 1.14 bits per heavy atom. The van der Waals surface area contributed by atoms with Gasteiger partial charge in [0.2, 0.25) is 0 Å². The van der Waals surface area contributed by atoms with Crippen LogP contribution in [0, 0.1) is 0 Å². The minimum atomic E-state index is 0.473. The first-order valence-electron chi connectivity index (χ1n) is 6.73. The molecule has 1 N–H and O–H groups in total. The van der Waals surface area contributed by atoms with E-state index in [4.69, 9.17) is 9.15 Å². The zero-order valence-corrected chi connectivity index (χ0v) is 11.8. The van der Waals surface area contributed by atoms with Crippen LogP contribution in [0.1, 0.15) is 0 Å². The second-order valence-electron chi connectivity index (χ2n) is 4.75. The number of hydrogen-bond donors (Lipinski definition) is 1. The molecule has 1 aromatic carbocycles. The average Bonchev–Trinajstić information content (AvgIpc) is 3.23. The summed E-state index contributed by atoms with van der Waals surface area (Å²) in [6, 6.07) is 7.76. The van der Waals surface area contributed by atoms with Crippen LogP contribution in [0.25, 0.3) is 33.9 Å². The fourth-order valence-electron chi connectivity index (χ4n) is 2.28. The maximum Gasteiger partial charge on any atom is 0.264 e. The lowest BCUT2D eigenvalue weighted by atomic mass is 10.1. The Morgan fingerprint density at radius 3 is 2.91 bits per heavy atom. The van der Waals surface area contributed by atoms with Crippen LogP contribution in [0.4, 0.5) is 0 Å². The quantitative estimate of drug-likeness (QED) is 0.627. The van der Waals surface area contributed by atoms with Crippen molar-refractivity contribution in [1.82, 2.24) is 19.9 Å². The van der Waals surface area contributed by atoms with Crippen LogP contribution >= 0.6 is 0 Å². The van der Waals surface area contributed by atoms with Crippen molar-refractivity contribution >= 4 is 11.1 Å². The molecule has 3 heterocycles. The summed E-state index contributed by atoms with van der Waals surface area (Å²) in [4.78, 5) is 15.7. The lowest BCUT2D eigenvalue weighted by molar-refractivity contribution is 0.413. The van der Waals surface area contributed by atoms with E-state index in [9.17, 15) is 0 Å². The third-order valence-electron chi connectivity index (χ3n) is 3.37. The van der Waals surface area contributed by atoms with E-state index in [1.165, 1.54) is 0 Å². The van der Waals surface area contributed by atoms with Crippen molar-refractivity contribution in [3.05, 3.63) is 49.1 Å². The zero-order chi connectivity index (χ0) is 14.9. The summed E-state index contributed by atoms with van der Waals surface area (Å²) in [6.45, 7) is 0. The summed E-state index contributed by atoms with van der Waals surface area (Å²) in [7, 11) is 1.62. The molecule has 3 aromatic heterocycles. The number of fused-ring (bicyclic) bond motifs is 1. The number of nitrogens with zero attached hydrogens (tertiary/aromatic N) is 3. The van der Waals surface area contributed by atoms with E-state index in [0.29, 0.717) is 23.0 Å². The standard InChI is InChI=1S/C16H12N4O2/c1-21-12-6-11(8-17-9-12)10-2-3-13-14(7-10)22-16(20-13)15-18-4-5-19-15/h2-9H,1H3,(H,18,19). The van der Waals surface area contributed by atoms with E-state index in [-0.39, 0.29) is 0 Å². The minimum absolute atomic E-state index is 0.473. The number of nitrogens with one attached hydrogen (secondary N) is 1. The van der Waals surface area contributed by atoms with Gasteiger partial charge in [0.15, 0.2) is 11.4 Å². The van der Waals surface area contributed by atoms with Gasteiger partial charge in [0.05, 0.1) is 13.3 Å². The maximum atomic E-state index is 5.77. The van der Waals surface area contributed by atoms with E-state index in [1.54, 1.807) is 31.9 Å². The number of oxazole rings is 1. The van der Waals surface area contributed by atoms with Crippen molar-refractivity contribution in [2.24, 2.45) is 0 Å². The molecule has 4 rings (SSSR count). The number of ether oxygens (including phenoxy) is 1. The molecule has 0 aliphatic carbocycles.